The van der Waals surface area contributed by atoms with Crippen LogP contribution in [0.2, 0.25) is 0 Å². The molecule has 13 heteroatoms. The van der Waals surface area contributed by atoms with Gasteiger partial charge in [-0.05, 0) is 6.42 Å². The lowest BCUT2D eigenvalue weighted by Gasteiger charge is -2.42. The Hall–Kier alpha value is -2.61. The van der Waals surface area contributed by atoms with E-state index in [-0.39, 0.29) is 12.0 Å². The Morgan fingerprint density at radius 1 is 1.07 bits per heavy atom. The number of hydrogen-bond acceptors (Lipinski definition) is 10. The molecule has 4 N–H and O–H groups in total. The zero-order chi connectivity index (χ0) is 20.9. The number of hydrogen-bond donors (Lipinski definition) is 2. The second-order valence-corrected chi connectivity index (χ2v) is 9.11. The third-order valence-corrected chi connectivity index (χ3v) is 6.73. The highest BCUT2D eigenvalue weighted by Gasteiger charge is 2.41. The summed E-state index contributed by atoms with van der Waals surface area (Å²) in [6.45, 7) is 4.11. The smallest absolute Gasteiger partial charge is 0.277 e. The van der Waals surface area contributed by atoms with E-state index in [4.69, 9.17) is 25.6 Å². The average Bonchev–Trinajstić information content (AvgIpc) is 3.10. The second kappa shape index (κ2) is 7.27. The molecule has 0 atom stereocenters. The maximum Gasteiger partial charge on any atom is 0.277 e. The molecule has 2 saturated heterocycles. The van der Waals surface area contributed by atoms with Gasteiger partial charge in [0.15, 0.2) is 0 Å². The van der Waals surface area contributed by atoms with Crippen LogP contribution < -0.4 is 20.7 Å². The Morgan fingerprint density at radius 2 is 1.77 bits per heavy atom. The number of rotatable bonds is 4. The van der Waals surface area contributed by atoms with E-state index < -0.39 is 10.2 Å². The predicted molar refractivity (Wildman–Crippen MR) is 110 cm³/mol. The van der Waals surface area contributed by atoms with Gasteiger partial charge in [0.05, 0.1) is 24.9 Å². The molecule has 3 aliphatic heterocycles. The van der Waals surface area contributed by atoms with E-state index in [0.29, 0.717) is 45.3 Å². The molecule has 12 nitrogen and oxygen atoms in total. The van der Waals surface area contributed by atoms with Gasteiger partial charge in [0.2, 0.25) is 11.9 Å². The molecule has 0 aromatic carbocycles. The number of fused-ring (bicyclic) bond motifs is 1. The van der Waals surface area contributed by atoms with E-state index >= 15 is 0 Å². The molecule has 0 bridgehead atoms. The Bertz CT molecular complexity index is 1050. The van der Waals surface area contributed by atoms with Crippen molar-refractivity contribution in [1.29, 1.82) is 0 Å². The summed E-state index contributed by atoms with van der Waals surface area (Å²) in [6, 6.07) is 0.0348. The molecule has 2 aromatic heterocycles. The van der Waals surface area contributed by atoms with Crippen molar-refractivity contribution in [2.24, 2.45) is 5.14 Å². The van der Waals surface area contributed by atoms with Gasteiger partial charge in [-0.15, -0.1) is 0 Å². The molecule has 2 fully saturated rings. The first-order chi connectivity index (χ1) is 14.4. The zero-order valence-corrected chi connectivity index (χ0v) is 17.1. The fourth-order valence-electron chi connectivity index (χ4n) is 4.05. The largest absolute Gasteiger partial charge is 0.378 e. The first-order valence-electron chi connectivity index (χ1n) is 9.76. The standard InChI is InChI=1S/C17H23N9O3S/c18-16-20-7-11(8-21-16)14-13-1-2-26(12-9-25(10-12)30(19,27)28)15(13)23-17(22-14)24-3-5-29-6-4-24/h7-8,12H,1-6,9-10H2,(H2,18,20,21)(H2,19,27,28). The molecule has 0 amide bonds. The zero-order valence-electron chi connectivity index (χ0n) is 16.3. The van der Waals surface area contributed by atoms with Gasteiger partial charge in [-0.2, -0.15) is 17.7 Å². The summed E-state index contributed by atoms with van der Waals surface area (Å²) in [6.07, 6.45) is 4.09. The van der Waals surface area contributed by atoms with Gasteiger partial charge in [-0.1, -0.05) is 0 Å². The van der Waals surface area contributed by atoms with Gasteiger partial charge in [0, 0.05) is 56.2 Å². The lowest BCUT2D eigenvalue weighted by atomic mass is 10.1. The SMILES string of the molecule is Nc1ncc(-c2nc(N3CCOCC3)nc3c2CCN3C2CN(S(N)(=O)=O)C2)cn1. The van der Waals surface area contributed by atoms with E-state index in [0.717, 1.165) is 35.6 Å². The normalized spacial score (nSPS) is 20.3. The molecule has 0 radical (unpaired) electrons. The lowest BCUT2D eigenvalue weighted by Crippen LogP contribution is -2.62. The molecule has 0 aliphatic carbocycles. The molecular formula is C17H23N9O3S. The van der Waals surface area contributed by atoms with Crippen LogP contribution in [0.4, 0.5) is 17.7 Å². The molecule has 3 aliphatic rings. The van der Waals surface area contributed by atoms with Crippen molar-refractivity contribution in [2.75, 3.05) is 61.5 Å². The molecular weight excluding hydrogens is 410 g/mol. The van der Waals surface area contributed by atoms with E-state index in [1.165, 1.54) is 4.31 Å². The minimum Gasteiger partial charge on any atom is -0.378 e. The number of nitrogens with zero attached hydrogens (tertiary/aromatic N) is 7. The summed E-state index contributed by atoms with van der Waals surface area (Å²) >= 11 is 0. The third-order valence-electron chi connectivity index (χ3n) is 5.72. The Morgan fingerprint density at radius 3 is 2.43 bits per heavy atom. The Kier molecular flexibility index (Phi) is 4.69. The van der Waals surface area contributed by atoms with Crippen molar-refractivity contribution >= 4 is 27.9 Å². The summed E-state index contributed by atoms with van der Waals surface area (Å²) in [7, 11) is -3.66. The molecule has 5 rings (SSSR count). The molecule has 5 heterocycles. The summed E-state index contributed by atoms with van der Waals surface area (Å²) in [5, 5.41) is 5.24. The highest BCUT2D eigenvalue weighted by molar-refractivity contribution is 7.86. The first-order valence-corrected chi connectivity index (χ1v) is 11.3. The fourth-order valence-corrected chi connectivity index (χ4v) is 4.81. The van der Waals surface area contributed by atoms with Crippen LogP contribution in [0.25, 0.3) is 11.3 Å². The summed E-state index contributed by atoms with van der Waals surface area (Å²) in [5.41, 5.74) is 8.22. The molecule has 160 valence electrons. The highest BCUT2D eigenvalue weighted by atomic mass is 32.2. The number of nitrogens with two attached hydrogens (primary N) is 2. The van der Waals surface area contributed by atoms with Gasteiger partial charge < -0.3 is 20.3 Å². The van der Waals surface area contributed by atoms with Crippen LogP contribution in [0.15, 0.2) is 12.4 Å². The number of ether oxygens (including phenoxy) is 1. The second-order valence-electron chi connectivity index (χ2n) is 7.56. The molecule has 0 unspecified atom stereocenters. The van der Waals surface area contributed by atoms with Gasteiger partial charge in [0.1, 0.15) is 5.82 Å². The Balaban J connectivity index is 1.52. The van der Waals surface area contributed by atoms with E-state index in [9.17, 15) is 8.42 Å². The van der Waals surface area contributed by atoms with Crippen molar-refractivity contribution in [3.63, 3.8) is 0 Å². The minimum absolute atomic E-state index is 0.0348. The quantitative estimate of drug-likeness (QED) is 0.588. The van der Waals surface area contributed by atoms with Gasteiger partial charge in [-0.25, -0.2) is 20.1 Å². The van der Waals surface area contributed by atoms with Crippen LogP contribution in [0.5, 0.6) is 0 Å². The van der Waals surface area contributed by atoms with Crippen LogP contribution >= 0.6 is 0 Å². The number of nitrogen functional groups attached to an aromatic ring is 1. The van der Waals surface area contributed by atoms with Crippen LogP contribution in [0.3, 0.4) is 0 Å². The van der Waals surface area contributed by atoms with Crippen LogP contribution in [0.1, 0.15) is 5.56 Å². The summed E-state index contributed by atoms with van der Waals surface area (Å²) < 4.78 is 29.9. The minimum atomic E-state index is -3.66. The van der Waals surface area contributed by atoms with E-state index in [1.807, 2.05) is 0 Å². The van der Waals surface area contributed by atoms with Crippen LogP contribution in [-0.4, -0.2) is 84.6 Å². The molecule has 0 spiro atoms. The first kappa shape index (κ1) is 19.4. The predicted octanol–water partition coefficient (Wildman–Crippen LogP) is -1.40. The van der Waals surface area contributed by atoms with Gasteiger partial charge in [-0.3, -0.25) is 0 Å². The van der Waals surface area contributed by atoms with Crippen molar-refractivity contribution in [2.45, 2.75) is 12.5 Å². The maximum absolute atomic E-state index is 11.6. The Labute approximate surface area is 174 Å². The van der Waals surface area contributed by atoms with Crippen molar-refractivity contribution in [3.8, 4) is 11.3 Å². The summed E-state index contributed by atoms with van der Waals surface area (Å²) in [5.74, 6) is 1.66. The topological polar surface area (TPSA) is 157 Å². The van der Waals surface area contributed by atoms with Crippen LogP contribution in [0, 0.1) is 0 Å². The number of anilines is 3. The third kappa shape index (κ3) is 3.43. The fraction of sp³-hybridized carbons (Fsp3) is 0.529. The maximum atomic E-state index is 11.6. The van der Waals surface area contributed by atoms with Gasteiger partial charge in [0.25, 0.3) is 10.2 Å². The highest BCUT2D eigenvalue weighted by Crippen LogP contribution is 2.37. The lowest BCUT2D eigenvalue weighted by molar-refractivity contribution is 0.122. The van der Waals surface area contributed by atoms with Gasteiger partial charge >= 0.3 is 0 Å². The van der Waals surface area contributed by atoms with E-state index in [1.54, 1.807) is 12.4 Å². The van der Waals surface area contributed by atoms with Crippen molar-refractivity contribution < 1.29 is 13.2 Å². The number of morpholine rings is 1. The van der Waals surface area contributed by atoms with E-state index in [2.05, 4.69) is 19.8 Å². The number of aromatic nitrogens is 4. The molecule has 2 aromatic rings. The van der Waals surface area contributed by atoms with Crippen molar-refractivity contribution in [1.82, 2.24) is 24.2 Å². The monoisotopic (exact) mass is 433 g/mol. The van der Waals surface area contributed by atoms with Crippen LogP contribution in [-0.2, 0) is 21.4 Å². The molecule has 0 saturated carbocycles. The van der Waals surface area contributed by atoms with Crippen molar-refractivity contribution in [3.05, 3.63) is 18.0 Å². The average molecular weight is 433 g/mol. The molecule has 30 heavy (non-hydrogen) atoms. The summed E-state index contributed by atoms with van der Waals surface area (Å²) in [4.78, 5) is 22.2.